The van der Waals surface area contributed by atoms with E-state index in [4.69, 9.17) is 0 Å². The molecule has 1 aliphatic carbocycles. The number of fused-ring (bicyclic) bond motifs is 2. The van der Waals surface area contributed by atoms with Gasteiger partial charge in [0.05, 0.1) is 36.2 Å². The number of aryl methyl sites for hydroxylation is 2. The average molecular weight is 470 g/mol. The number of carbonyl (C=O) groups excluding carboxylic acids is 1. The third-order valence-electron chi connectivity index (χ3n) is 5.95. The van der Waals surface area contributed by atoms with Crippen molar-refractivity contribution in [3.63, 3.8) is 0 Å². The van der Waals surface area contributed by atoms with E-state index in [-0.39, 0.29) is 11.9 Å². The van der Waals surface area contributed by atoms with Crippen LogP contribution in [0.2, 0.25) is 0 Å². The molecule has 1 aliphatic rings. The van der Waals surface area contributed by atoms with Gasteiger partial charge in [0.25, 0.3) is 5.91 Å². The number of hydrogen-bond acceptors (Lipinski definition) is 3. The summed E-state index contributed by atoms with van der Waals surface area (Å²) in [7, 11) is 0.500. The molecule has 0 radical (unpaired) electrons. The van der Waals surface area contributed by atoms with Crippen molar-refractivity contribution in [1.82, 2.24) is 19.9 Å². The van der Waals surface area contributed by atoms with Crippen LogP contribution in [-0.4, -0.2) is 27.7 Å². The molecule has 0 fully saturated rings. The zero-order chi connectivity index (χ0) is 24.5. The number of hydrogen-bond donors (Lipinski definition) is 1. The SMILES string of the molecule is CF.Cc1c(C(=O)NC2CCc3ccccc32)cnc2c(-c3cccc(C(F)(F)F)c3)cnn12. The average Bonchev–Trinajstić information content (AvgIpc) is 3.45. The van der Waals surface area contributed by atoms with Crippen molar-refractivity contribution < 1.29 is 22.4 Å². The van der Waals surface area contributed by atoms with Crippen LogP contribution in [0.4, 0.5) is 17.6 Å². The lowest BCUT2D eigenvalue weighted by molar-refractivity contribution is -0.137. The molecule has 1 unspecified atom stereocenters. The minimum atomic E-state index is -4.44. The highest BCUT2D eigenvalue weighted by Crippen LogP contribution is 2.34. The van der Waals surface area contributed by atoms with Crippen molar-refractivity contribution in [2.24, 2.45) is 0 Å². The molecule has 4 aromatic rings. The predicted molar refractivity (Wildman–Crippen MR) is 120 cm³/mol. The Morgan fingerprint density at radius 1 is 1.09 bits per heavy atom. The fourth-order valence-corrected chi connectivity index (χ4v) is 4.28. The second-order valence-corrected chi connectivity index (χ2v) is 7.89. The Kier molecular flexibility index (Phi) is 6.37. The minimum Gasteiger partial charge on any atom is -0.345 e. The molecular formula is C25H22F4N4O. The van der Waals surface area contributed by atoms with Crippen LogP contribution in [0.1, 0.15) is 45.2 Å². The van der Waals surface area contributed by atoms with Crippen LogP contribution >= 0.6 is 0 Å². The molecule has 176 valence electrons. The number of carbonyl (C=O) groups is 1. The van der Waals surface area contributed by atoms with E-state index in [2.05, 4.69) is 21.5 Å². The lowest BCUT2D eigenvalue weighted by Crippen LogP contribution is -2.28. The third kappa shape index (κ3) is 4.25. The van der Waals surface area contributed by atoms with Gasteiger partial charge in [-0.1, -0.05) is 36.4 Å². The zero-order valence-corrected chi connectivity index (χ0v) is 18.5. The summed E-state index contributed by atoms with van der Waals surface area (Å²) in [6.07, 6.45) is 0.240. The van der Waals surface area contributed by atoms with E-state index in [1.807, 2.05) is 18.2 Å². The molecule has 5 nitrogen and oxygen atoms in total. The number of nitrogens with zero attached hydrogens (tertiary/aromatic N) is 3. The van der Waals surface area contributed by atoms with E-state index >= 15 is 0 Å². The number of aromatic nitrogens is 3. The first kappa shape index (κ1) is 23.4. The summed E-state index contributed by atoms with van der Waals surface area (Å²) in [5, 5.41) is 7.36. The van der Waals surface area contributed by atoms with Crippen LogP contribution < -0.4 is 5.32 Å². The second kappa shape index (κ2) is 9.24. The summed E-state index contributed by atoms with van der Waals surface area (Å²) >= 11 is 0. The van der Waals surface area contributed by atoms with Gasteiger partial charge in [0.1, 0.15) is 0 Å². The Labute approximate surface area is 193 Å². The number of alkyl halides is 4. The third-order valence-corrected chi connectivity index (χ3v) is 5.95. The van der Waals surface area contributed by atoms with Gasteiger partial charge in [0, 0.05) is 11.8 Å². The fraction of sp³-hybridized carbons (Fsp3) is 0.240. The Balaban J connectivity index is 0.00000133. The number of halogens is 4. The number of nitrogens with one attached hydrogen (secondary N) is 1. The Morgan fingerprint density at radius 2 is 1.85 bits per heavy atom. The van der Waals surface area contributed by atoms with Gasteiger partial charge < -0.3 is 5.32 Å². The van der Waals surface area contributed by atoms with E-state index in [9.17, 15) is 22.4 Å². The summed E-state index contributed by atoms with van der Waals surface area (Å²) in [4.78, 5) is 17.4. The lowest BCUT2D eigenvalue weighted by atomic mass is 10.1. The highest BCUT2D eigenvalue weighted by Gasteiger charge is 2.31. The molecule has 0 saturated carbocycles. The van der Waals surface area contributed by atoms with Gasteiger partial charge in [-0.2, -0.15) is 18.3 Å². The van der Waals surface area contributed by atoms with Gasteiger partial charge in [-0.25, -0.2) is 9.50 Å². The maximum Gasteiger partial charge on any atom is 0.416 e. The maximum absolute atomic E-state index is 13.1. The summed E-state index contributed by atoms with van der Waals surface area (Å²) in [5.74, 6) is -0.255. The van der Waals surface area contributed by atoms with Gasteiger partial charge in [0.15, 0.2) is 5.65 Å². The molecule has 34 heavy (non-hydrogen) atoms. The largest absolute Gasteiger partial charge is 0.416 e. The number of amides is 1. The fourth-order valence-electron chi connectivity index (χ4n) is 4.28. The quantitative estimate of drug-likeness (QED) is 0.389. The van der Waals surface area contributed by atoms with Crippen molar-refractivity contribution in [1.29, 1.82) is 0 Å². The second-order valence-electron chi connectivity index (χ2n) is 7.89. The van der Waals surface area contributed by atoms with Gasteiger partial charge >= 0.3 is 6.18 Å². The lowest BCUT2D eigenvalue weighted by Gasteiger charge is -2.15. The van der Waals surface area contributed by atoms with Crippen LogP contribution in [0.3, 0.4) is 0 Å². The molecule has 0 saturated heterocycles. The van der Waals surface area contributed by atoms with Gasteiger partial charge in [0.2, 0.25) is 0 Å². The van der Waals surface area contributed by atoms with E-state index < -0.39 is 11.7 Å². The molecule has 5 rings (SSSR count). The predicted octanol–water partition coefficient (Wildman–Crippen LogP) is 5.73. The molecule has 1 atom stereocenters. The standard InChI is InChI=1S/C24H19F3N4O.CH3F/c1-14-19(23(32)30-21-10-9-15-5-2-3-8-18(15)21)12-28-22-20(13-29-31(14)22)16-6-4-7-17(11-16)24(25,26)27;1-2/h2-8,11-13,21H,9-10H2,1H3,(H,30,32);1H3. The molecule has 2 aromatic carbocycles. The summed E-state index contributed by atoms with van der Waals surface area (Å²) in [5.41, 5.74) is 3.79. The first-order valence-electron chi connectivity index (χ1n) is 10.6. The highest BCUT2D eigenvalue weighted by atomic mass is 19.4. The van der Waals surface area contributed by atoms with Gasteiger partial charge in [-0.15, -0.1) is 0 Å². The van der Waals surface area contributed by atoms with Crippen molar-refractivity contribution in [3.05, 3.63) is 88.9 Å². The Hall–Kier alpha value is -3.75. The zero-order valence-electron chi connectivity index (χ0n) is 18.5. The molecule has 0 spiro atoms. The van der Waals surface area contributed by atoms with E-state index in [0.717, 1.165) is 30.5 Å². The van der Waals surface area contributed by atoms with Crippen molar-refractivity contribution in [2.45, 2.75) is 32.0 Å². The molecule has 9 heteroatoms. The molecular weight excluding hydrogens is 448 g/mol. The smallest absolute Gasteiger partial charge is 0.345 e. The van der Waals surface area contributed by atoms with Crippen LogP contribution in [-0.2, 0) is 12.6 Å². The first-order chi connectivity index (χ1) is 16.3. The molecule has 1 amide bonds. The Bertz CT molecular complexity index is 1350. The van der Waals surface area contributed by atoms with Crippen LogP contribution in [0.25, 0.3) is 16.8 Å². The normalized spacial score (nSPS) is 14.9. The number of benzene rings is 2. The number of rotatable bonds is 3. The first-order valence-corrected chi connectivity index (χ1v) is 10.6. The molecule has 2 heterocycles. The van der Waals surface area contributed by atoms with Gasteiger partial charge in [-0.3, -0.25) is 9.18 Å². The Morgan fingerprint density at radius 3 is 2.62 bits per heavy atom. The summed E-state index contributed by atoms with van der Waals surface area (Å²) in [6, 6.07) is 13.0. The topological polar surface area (TPSA) is 59.3 Å². The van der Waals surface area contributed by atoms with Crippen LogP contribution in [0, 0.1) is 6.92 Å². The van der Waals surface area contributed by atoms with Crippen molar-refractivity contribution in [2.75, 3.05) is 7.18 Å². The minimum absolute atomic E-state index is 0.0629. The summed E-state index contributed by atoms with van der Waals surface area (Å²) < 4.78 is 50.3. The maximum atomic E-state index is 13.1. The van der Waals surface area contributed by atoms with Gasteiger partial charge in [-0.05, 0) is 48.6 Å². The van der Waals surface area contributed by atoms with E-state index in [0.29, 0.717) is 35.2 Å². The van der Waals surface area contributed by atoms with Crippen molar-refractivity contribution >= 4 is 11.6 Å². The molecule has 2 aromatic heterocycles. The highest BCUT2D eigenvalue weighted by molar-refractivity contribution is 5.96. The molecule has 0 aliphatic heterocycles. The van der Waals surface area contributed by atoms with Crippen LogP contribution in [0.15, 0.2) is 60.9 Å². The van der Waals surface area contributed by atoms with E-state index in [1.54, 1.807) is 13.0 Å². The van der Waals surface area contributed by atoms with Crippen molar-refractivity contribution in [3.8, 4) is 11.1 Å². The van der Waals surface area contributed by atoms with E-state index in [1.165, 1.54) is 28.5 Å². The van der Waals surface area contributed by atoms with Crippen LogP contribution in [0.5, 0.6) is 0 Å². The molecule has 1 N–H and O–H groups in total. The monoisotopic (exact) mass is 470 g/mol. The summed E-state index contributed by atoms with van der Waals surface area (Å²) in [6.45, 7) is 1.75. The molecule has 0 bridgehead atoms.